The van der Waals surface area contributed by atoms with Crippen LogP contribution in [0.3, 0.4) is 0 Å². The van der Waals surface area contributed by atoms with Crippen LogP contribution in [-0.2, 0) is 11.8 Å². The molecule has 5 heteroatoms. The number of ether oxygens (including phenoxy) is 1. The fourth-order valence-corrected chi connectivity index (χ4v) is 2.66. The van der Waals surface area contributed by atoms with Gasteiger partial charge in [0.25, 0.3) is 5.91 Å². The van der Waals surface area contributed by atoms with E-state index in [0.29, 0.717) is 23.4 Å². The minimum atomic E-state index is -0.0634. The number of unbranched alkanes of at least 4 members (excludes halogenated alkanes) is 1. The molecule has 0 spiro atoms. The Hall–Kier alpha value is -1.00. The minimum absolute atomic E-state index is 0.0634. The monoisotopic (exact) mass is 284 g/mol. The summed E-state index contributed by atoms with van der Waals surface area (Å²) in [7, 11) is 1.82. The van der Waals surface area contributed by atoms with Crippen LogP contribution in [0.1, 0.15) is 42.6 Å². The first-order valence-electron chi connectivity index (χ1n) is 6.88. The second-order valence-electron chi connectivity index (χ2n) is 5.04. The van der Waals surface area contributed by atoms with Crippen LogP contribution in [-0.4, -0.2) is 29.7 Å². The zero-order chi connectivity index (χ0) is 13.7. The zero-order valence-corrected chi connectivity index (χ0v) is 12.1. The van der Waals surface area contributed by atoms with Crippen molar-refractivity contribution in [2.75, 3.05) is 13.2 Å². The van der Waals surface area contributed by atoms with E-state index in [0.717, 1.165) is 25.9 Å². The van der Waals surface area contributed by atoms with Gasteiger partial charge in [-0.05, 0) is 38.2 Å². The van der Waals surface area contributed by atoms with Gasteiger partial charge in [0.15, 0.2) is 0 Å². The molecule has 1 aliphatic rings. The number of hydrogen-bond donors (Lipinski definition) is 1. The van der Waals surface area contributed by atoms with Crippen molar-refractivity contribution in [1.82, 2.24) is 9.88 Å². The van der Waals surface area contributed by atoms with Crippen molar-refractivity contribution >= 4 is 17.5 Å². The number of aromatic nitrogens is 1. The normalized spacial score (nSPS) is 18.7. The maximum Gasteiger partial charge on any atom is 0.267 e. The van der Waals surface area contributed by atoms with Gasteiger partial charge in [-0.15, -0.1) is 0 Å². The number of aryl methyl sites for hydroxylation is 1. The third-order valence-corrected chi connectivity index (χ3v) is 3.67. The lowest BCUT2D eigenvalue weighted by molar-refractivity contribution is 0.0939. The number of halogens is 1. The second kappa shape index (κ2) is 6.96. The lowest BCUT2D eigenvalue weighted by atomic mass is 10.1. The molecule has 2 rings (SSSR count). The molecule has 2 heterocycles. The SMILES string of the molecule is Cn1cc(Cl)cc1C(=O)NCCCC[C@H]1CCCO1. The van der Waals surface area contributed by atoms with Crippen LogP contribution in [0.25, 0.3) is 0 Å². The summed E-state index contributed by atoms with van der Waals surface area (Å²) in [5.74, 6) is -0.0634. The maximum atomic E-state index is 11.9. The first kappa shape index (κ1) is 14.4. The van der Waals surface area contributed by atoms with Crippen LogP contribution in [0.2, 0.25) is 5.02 Å². The van der Waals surface area contributed by atoms with E-state index < -0.39 is 0 Å². The molecule has 1 aliphatic heterocycles. The van der Waals surface area contributed by atoms with Crippen molar-refractivity contribution in [1.29, 1.82) is 0 Å². The Bertz CT molecular complexity index is 425. The predicted octanol–water partition coefficient (Wildman–Crippen LogP) is 2.76. The number of nitrogens with zero attached hydrogens (tertiary/aromatic N) is 1. The van der Waals surface area contributed by atoms with Crippen LogP contribution in [0.4, 0.5) is 0 Å². The molecule has 1 atom stereocenters. The molecule has 1 fully saturated rings. The van der Waals surface area contributed by atoms with E-state index in [4.69, 9.17) is 16.3 Å². The molecule has 0 radical (unpaired) electrons. The lowest BCUT2D eigenvalue weighted by Gasteiger charge is -2.09. The number of rotatable bonds is 6. The summed E-state index contributed by atoms with van der Waals surface area (Å²) >= 11 is 5.85. The zero-order valence-electron chi connectivity index (χ0n) is 11.3. The van der Waals surface area contributed by atoms with Crippen LogP contribution in [0.15, 0.2) is 12.3 Å². The van der Waals surface area contributed by atoms with Crippen LogP contribution in [0, 0.1) is 0 Å². The Morgan fingerprint density at radius 1 is 1.58 bits per heavy atom. The van der Waals surface area contributed by atoms with Crippen molar-refractivity contribution in [3.8, 4) is 0 Å². The summed E-state index contributed by atoms with van der Waals surface area (Å²) in [5.41, 5.74) is 0.601. The smallest absolute Gasteiger partial charge is 0.267 e. The third kappa shape index (κ3) is 4.25. The van der Waals surface area contributed by atoms with E-state index >= 15 is 0 Å². The number of carbonyl (C=O) groups excluding carboxylic acids is 1. The van der Waals surface area contributed by atoms with Crippen molar-refractivity contribution < 1.29 is 9.53 Å². The van der Waals surface area contributed by atoms with Gasteiger partial charge in [-0.25, -0.2) is 0 Å². The molecule has 0 unspecified atom stereocenters. The van der Waals surface area contributed by atoms with E-state index in [2.05, 4.69) is 5.32 Å². The van der Waals surface area contributed by atoms with E-state index in [9.17, 15) is 4.79 Å². The number of nitrogens with one attached hydrogen (secondary N) is 1. The molecular formula is C14H21ClN2O2. The topological polar surface area (TPSA) is 43.3 Å². The van der Waals surface area contributed by atoms with Gasteiger partial charge in [-0.2, -0.15) is 0 Å². The van der Waals surface area contributed by atoms with Gasteiger partial charge in [-0.3, -0.25) is 4.79 Å². The van der Waals surface area contributed by atoms with Crippen LogP contribution in [0.5, 0.6) is 0 Å². The van der Waals surface area contributed by atoms with Gasteiger partial charge in [0, 0.05) is 26.4 Å². The molecule has 1 amide bonds. The van der Waals surface area contributed by atoms with Crippen molar-refractivity contribution in [2.24, 2.45) is 7.05 Å². The van der Waals surface area contributed by atoms with Gasteiger partial charge in [-0.1, -0.05) is 11.6 Å². The van der Waals surface area contributed by atoms with Crippen molar-refractivity contribution in [2.45, 2.75) is 38.2 Å². The average Bonchev–Trinajstić information content (AvgIpc) is 2.98. The summed E-state index contributed by atoms with van der Waals surface area (Å²) in [5, 5.41) is 3.51. The first-order valence-corrected chi connectivity index (χ1v) is 7.26. The number of hydrogen-bond acceptors (Lipinski definition) is 2. The average molecular weight is 285 g/mol. The van der Waals surface area contributed by atoms with Gasteiger partial charge in [0.05, 0.1) is 11.1 Å². The molecule has 4 nitrogen and oxygen atoms in total. The van der Waals surface area contributed by atoms with E-state index in [1.54, 1.807) is 16.8 Å². The molecule has 1 saturated heterocycles. The van der Waals surface area contributed by atoms with E-state index in [-0.39, 0.29) is 5.91 Å². The van der Waals surface area contributed by atoms with E-state index in [1.165, 1.54) is 12.8 Å². The molecule has 0 saturated carbocycles. The van der Waals surface area contributed by atoms with Crippen LogP contribution < -0.4 is 5.32 Å². The fourth-order valence-electron chi connectivity index (χ4n) is 2.41. The summed E-state index contributed by atoms with van der Waals surface area (Å²) < 4.78 is 7.30. The molecule has 1 N–H and O–H groups in total. The Morgan fingerprint density at radius 2 is 2.42 bits per heavy atom. The Morgan fingerprint density at radius 3 is 3.05 bits per heavy atom. The maximum absolute atomic E-state index is 11.9. The summed E-state index contributed by atoms with van der Waals surface area (Å²) in [4.78, 5) is 11.9. The van der Waals surface area contributed by atoms with Gasteiger partial charge in [0.1, 0.15) is 5.69 Å². The van der Waals surface area contributed by atoms with Crippen molar-refractivity contribution in [3.63, 3.8) is 0 Å². The number of carbonyl (C=O) groups is 1. The summed E-state index contributed by atoms with van der Waals surface area (Å²) in [6.07, 6.45) is 7.74. The number of amides is 1. The summed E-state index contributed by atoms with van der Waals surface area (Å²) in [6.45, 7) is 1.62. The highest BCUT2D eigenvalue weighted by Crippen LogP contribution is 2.17. The minimum Gasteiger partial charge on any atom is -0.378 e. The van der Waals surface area contributed by atoms with Gasteiger partial charge >= 0.3 is 0 Å². The highest BCUT2D eigenvalue weighted by Gasteiger charge is 2.14. The van der Waals surface area contributed by atoms with Gasteiger partial charge in [0.2, 0.25) is 0 Å². The van der Waals surface area contributed by atoms with Crippen LogP contribution >= 0.6 is 11.6 Å². The Balaban J connectivity index is 1.62. The first-order chi connectivity index (χ1) is 9.16. The molecule has 0 aliphatic carbocycles. The van der Waals surface area contributed by atoms with Crippen molar-refractivity contribution in [3.05, 3.63) is 23.0 Å². The molecule has 1 aromatic rings. The largest absolute Gasteiger partial charge is 0.378 e. The summed E-state index contributed by atoms with van der Waals surface area (Å²) in [6, 6.07) is 1.68. The molecule has 0 aromatic carbocycles. The highest BCUT2D eigenvalue weighted by atomic mass is 35.5. The molecule has 0 bridgehead atoms. The fraction of sp³-hybridized carbons (Fsp3) is 0.643. The lowest BCUT2D eigenvalue weighted by Crippen LogP contribution is -2.26. The second-order valence-corrected chi connectivity index (χ2v) is 5.48. The highest BCUT2D eigenvalue weighted by molar-refractivity contribution is 6.31. The Labute approximate surface area is 119 Å². The molecule has 106 valence electrons. The van der Waals surface area contributed by atoms with Gasteiger partial charge < -0.3 is 14.6 Å². The van der Waals surface area contributed by atoms with E-state index in [1.807, 2.05) is 7.05 Å². The standard InChI is InChI=1S/C14H21ClN2O2/c1-17-10-11(15)9-13(17)14(18)16-7-3-2-5-12-6-4-8-19-12/h9-10,12H,2-8H2,1H3,(H,16,18)/t12-/m0/s1. The molecule has 1 aromatic heterocycles. The molecule has 19 heavy (non-hydrogen) atoms. The quantitative estimate of drug-likeness (QED) is 0.816. The Kier molecular flexibility index (Phi) is 5.28. The third-order valence-electron chi connectivity index (χ3n) is 3.47. The predicted molar refractivity (Wildman–Crippen MR) is 75.6 cm³/mol. The molecular weight excluding hydrogens is 264 g/mol.